The lowest BCUT2D eigenvalue weighted by molar-refractivity contribution is 0.0904. The molecule has 1 aromatic heterocycles. The highest BCUT2D eigenvalue weighted by molar-refractivity contribution is 5.91. The third kappa shape index (κ3) is 8.15. The zero-order valence-electron chi connectivity index (χ0n) is 20.3. The summed E-state index contributed by atoms with van der Waals surface area (Å²) in [6.07, 6.45) is 2.04. The molecule has 2 aromatic rings. The van der Waals surface area contributed by atoms with Crippen LogP contribution in [0.25, 0.3) is 0 Å². The third-order valence-corrected chi connectivity index (χ3v) is 5.99. The molecular formula is C26H41N3O2. The van der Waals surface area contributed by atoms with E-state index in [1.54, 1.807) is 6.07 Å². The molecule has 0 aliphatic heterocycles. The van der Waals surface area contributed by atoms with Crippen molar-refractivity contribution < 1.29 is 9.21 Å². The molecule has 1 N–H and O–H groups in total. The van der Waals surface area contributed by atoms with Crippen molar-refractivity contribution in [2.45, 2.75) is 79.6 Å². The Kier molecular flexibility index (Phi) is 10.3. The van der Waals surface area contributed by atoms with Gasteiger partial charge in [0, 0.05) is 18.6 Å². The second kappa shape index (κ2) is 12.7. The number of carbonyl (C=O) groups is 1. The van der Waals surface area contributed by atoms with Crippen LogP contribution >= 0.6 is 0 Å². The lowest BCUT2D eigenvalue weighted by Gasteiger charge is -2.26. The molecular weight excluding hydrogens is 386 g/mol. The number of amides is 1. The summed E-state index contributed by atoms with van der Waals surface area (Å²) in [7, 11) is 0. The highest BCUT2D eigenvalue weighted by Crippen LogP contribution is 2.18. The van der Waals surface area contributed by atoms with Gasteiger partial charge in [-0.1, -0.05) is 38.1 Å². The van der Waals surface area contributed by atoms with E-state index in [2.05, 4.69) is 80.9 Å². The normalized spacial score (nSPS) is 12.7. The van der Waals surface area contributed by atoms with Gasteiger partial charge in [-0.05, 0) is 83.4 Å². The van der Waals surface area contributed by atoms with Crippen molar-refractivity contribution in [3.05, 3.63) is 59.0 Å². The second-order valence-corrected chi connectivity index (χ2v) is 8.73. The summed E-state index contributed by atoms with van der Waals surface area (Å²) in [4.78, 5) is 17.4. The minimum atomic E-state index is -0.128. The molecule has 31 heavy (non-hydrogen) atoms. The Bertz CT molecular complexity index is 795. The van der Waals surface area contributed by atoms with Crippen molar-refractivity contribution in [3.8, 4) is 0 Å². The maximum atomic E-state index is 12.6. The summed E-state index contributed by atoms with van der Waals surface area (Å²) >= 11 is 0. The molecule has 1 unspecified atom stereocenters. The summed E-state index contributed by atoms with van der Waals surface area (Å²) in [5.41, 5.74) is 2.61. The van der Waals surface area contributed by atoms with Crippen LogP contribution in [0.1, 0.15) is 74.9 Å². The van der Waals surface area contributed by atoms with Crippen molar-refractivity contribution in [2.24, 2.45) is 0 Å². The van der Waals surface area contributed by atoms with E-state index in [9.17, 15) is 4.79 Å². The Hall–Kier alpha value is -2.11. The van der Waals surface area contributed by atoms with Crippen LogP contribution in [0.4, 0.5) is 0 Å². The van der Waals surface area contributed by atoms with E-state index >= 15 is 0 Å². The molecule has 0 spiro atoms. The first-order chi connectivity index (χ1) is 14.8. The maximum Gasteiger partial charge on any atom is 0.287 e. The lowest BCUT2D eigenvalue weighted by atomic mass is 10.1. The topological polar surface area (TPSA) is 48.7 Å². The number of hydrogen-bond acceptors (Lipinski definition) is 4. The van der Waals surface area contributed by atoms with Gasteiger partial charge in [-0.15, -0.1) is 0 Å². The van der Waals surface area contributed by atoms with Crippen molar-refractivity contribution >= 4 is 5.91 Å². The molecule has 0 saturated carbocycles. The number of furan rings is 1. The molecule has 1 amide bonds. The Labute approximate surface area is 188 Å². The molecule has 0 radical (unpaired) electrons. The Morgan fingerprint density at radius 1 is 1.03 bits per heavy atom. The fourth-order valence-electron chi connectivity index (χ4n) is 3.74. The van der Waals surface area contributed by atoms with Crippen molar-refractivity contribution in [2.75, 3.05) is 19.6 Å². The molecule has 1 heterocycles. The van der Waals surface area contributed by atoms with Crippen LogP contribution < -0.4 is 5.32 Å². The first-order valence-corrected chi connectivity index (χ1v) is 11.7. The van der Waals surface area contributed by atoms with E-state index in [4.69, 9.17) is 4.42 Å². The van der Waals surface area contributed by atoms with Gasteiger partial charge in [-0.3, -0.25) is 9.69 Å². The molecule has 0 aliphatic carbocycles. The summed E-state index contributed by atoms with van der Waals surface area (Å²) in [6.45, 7) is 17.7. The highest BCUT2D eigenvalue weighted by atomic mass is 16.4. The van der Waals surface area contributed by atoms with Gasteiger partial charge in [0.25, 0.3) is 5.91 Å². The first-order valence-electron chi connectivity index (χ1n) is 11.7. The minimum Gasteiger partial charge on any atom is -0.455 e. The number of rotatable bonds is 13. The van der Waals surface area contributed by atoms with Gasteiger partial charge in [0.05, 0.1) is 6.54 Å². The van der Waals surface area contributed by atoms with Gasteiger partial charge in [-0.2, -0.15) is 0 Å². The summed E-state index contributed by atoms with van der Waals surface area (Å²) < 4.78 is 5.91. The SMILES string of the molecule is CCN(CC)CCCC(C)NC(=O)c1ccc(CN(Cc2ccccc2C)C(C)C)o1. The monoisotopic (exact) mass is 427 g/mol. The van der Waals surface area contributed by atoms with Gasteiger partial charge in [-0.25, -0.2) is 0 Å². The predicted molar refractivity (Wildman–Crippen MR) is 128 cm³/mol. The van der Waals surface area contributed by atoms with E-state index in [1.165, 1.54) is 11.1 Å². The second-order valence-electron chi connectivity index (χ2n) is 8.73. The Morgan fingerprint density at radius 2 is 1.74 bits per heavy atom. The molecule has 0 fully saturated rings. The molecule has 1 aromatic carbocycles. The molecule has 0 saturated heterocycles. The standard InChI is InChI=1S/C26H41N3O2/c1-7-28(8-2)17-11-13-22(6)27-26(30)25-16-15-24(31-25)19-29(20(3)4)18-23-14-10-9-12-21(23)5/h9-10,12,14-16,20,22H,7-8,11,13,17-19H2,1-6H3,(H,27,30). The number of carbonyl (C=O) groups excluding carboxylic acids is 1. The highest BCUT2D eigenvalue weighted by Gasteiger charge is 2.17. The largest absolute Gasteiger partial charge is 0.455 e. The molecule has 0 bridgehead atoms. The van der Waals surface area contributed by atoms with E-state index in [0.717, 1.165) is 44.8 Å². The third-order valence-electron chi connectivity index (χ3n) is 5.99. The Morgan fingerprint density at radius 3 is 2.39 bits per heavy atom. The summed E-state index contributed by atoms with van der Waals surface area (Å²) in [5.74, 6) is 1.09. The predicted octanol–water partition coefficient (Wildman–Crippen LogP) is 5.24. The number of nitrogens with zero attached hydrogens (tertiary/aromatic N) is 2. The maximum absolute atomic E-state index is 12.6. The van der Waals surface area contributed by atoms with Crippen LogP contribution in [-0.2, 0) is 13.1 Å². The van der Waals surface area contributed by atoms with Crippen LogP contribution in [0.5, 0.6) is 0 Å². The average Bonchev–Trinajstić information content (AvgIpc) is 3.21. The number of nitrogens with one attached hydrogen (secondary N) is 1. The lowest BCUT2D eigenvalue weighted by Crippen LogP contribution is -2.33. The van der Waals surface area contributed by atoms with Crippen molar-refractivity contribution in [1.82, 2.24) is 15.1 Å². The first kappa shape index (κ1) is 25.2. The molecule has 5 heteroatoms. The van der Waals surface area contributed by atoms with Gasteiger partial charge in [0.1, 0.15) is 5.76 Å². The van der Waals surface area contributed by atoms with E-state index in [1.807, 2.05) is 6.07 Å². The fourth-order valence-corrected chi connectivity index (χ4v) is 3.74. The van der Waals surface area contributed by atoms with Crippen molar-refractivity contribution in [1.29, 1.82) is 0 Å². The molecule has 172 valence electrons. The number of aryl methyl sites for hydroxylation is 1. The van der Waals surface area contributed by atoms with Crippen LogP contribution in [0.15, 0.2) is 40.8 Å². The van der Waals surface area contributed by atoms with Crippen LogP contribution in [-0.4, -0.2) is 47.4 Å². The summed E-state index contributed by atoms with van der Waals surface area (Å²) in [6, 6.07) is 12.7. The zero-order chi connectivity index (χ0) is 22.8. The quantitative estimate of drug-likeness (QED) is 0.475. The molecule has 1 atom stereocenters. The Balaban J connectivity index is 1.89. The van der Waals surface area contributed by atoms with Crippen molar-refractivity contribution in [3.63, 3.8) is 0 Å². The zero-order valence-corrected chi connectivity index (χ0v) is 20.3. The number of benzene rings is 1. The van der Waals surface area contributed by atoms with E-state index in [0.29, 0.717) is 18.3 Å². The number of hydrogen-bond donors (Lipinski definition) is 1. The molecule has 0 aliphatic rings. The smallest absolute Gasteiger partial charge is 0.287 e. The van der Waals surface area contributed by atoms with Crippen LogP contribution in [0.2, 0.25) is 0 Å². The summed E-state index contributed by atoms with van der Waals surface area (Å²) in [5, 5.41) is 3.08. The van der Waals surface area contributed by atoms with Gasteiger partial charge in [0.15, 0.2) is 5.76 Å². The van der Waals surface area contributed by atoms with E-state index in [-0.39, 0.29) is 11.9 Å². The van der Waals surface area contributed by atoms with Gasteiger partial charge in [0.2, 0.25) is 0 Å². The van der Waals surface area contributed by atoms with Crippen LogP contribution in [0, 0.1) is 6.92 Å². The van der Waals surface area contributed by atoms with Gasteiger partial charge >= 0.3 is 0 Å². The molecule has 2 rings (SSSR count). The minimum absolute atomic E-state index is 0.128. The average molecular weight is 428 g/mol. The fraction of sp³-hybridized carbons (Fsp3) is 0.577. The van der Waals surface area contributed by atoms with Crippen LogP contribution in [0.3, 0.4) is 0 Å². The molecule has 5 nitrogen and oxygen atoms in total. The van der Waals surface area contributed by atoms with E-state index < -0.39 is 0 Å². The van der Waals surface area contributed by atoms with Gasteiger partial charge < -0.3 is 14.6 Å².